The number of nitrogens with one attached hydrogen (secondary N) is 1. The Morgan fingerprint density at radius 3 is 2.45 bits per heavy atom. The van der Waals surface area contributed by atoms with E-state index in [1.807, 2.05) is 60.7 Å². The molecule has 3 N–H and O–H groups in total. The molecule has 1 amide bonds. The Hall–Kier alpha value is -4.30. The Kier molecular flexibility index (Phi) is 6.72. The van der Waals surface area contributed by atoms with Crippen LogP contribution in [0, 0.1) is 0 Å². The second-order valence-corrected chi connectivity index (χ2v) is 10.1. The number of amides is 1. The molecule has 2 aliphatic rings. The van der Waals surface area contributed by atoms with Crippen molar-refractivity contribution in [3.8, 4) is 0 Å². The molecule has 4 aromatic rings. The summed E-state index contributed by atoms with van der Waals surface area (Å²) in [6.45, 7) is 0.00341. The summed E-state index contributed by atoms with van der Waals surface area (Å²) in [7, 11) is 1.31. The third kappa shape index (κ3) is 4.38. The smallest absolute Gasteiger partial charge is 0.364 e. The van der Waals surface area contributed by atoms with Crippen molar-refractivity contribution in [3.05, 3.63) is 106 Å². The molecular formula is C27H24N6O6S. The van der Waals surface area contributed by atoms with Gasteiger partial charge in [0.2, 0.25) is 5.72 Å². The van der Waals surface area contributed by atoms with Crippen LogP contribution in [0.5, 0.6) is 0 Å². The number of H-pyrrole nitrogens is 1. The largest absolute Gasteiger partial charge is 0.448 e. The van der Waals surface area contributed by atoms with E-state index in [0.717, 1.165) is 15.6 Å². The van der Waals surface area contributed by atoms with Crippen LogP contribution in [0.4, 0.5) is 0 Å². The summed E-state index contributed by atoms with van der Waals surface area (Å²) >= 11 is 1.26. The summed E-state index contributed by atoms with van der Waals surface area (Å²) in [5.41, 5.74) is 6.42. The van der Waals surface area contributed by atoms with E-state index in [9.17, 15) is 14.4 Å². The van der Waals surface area contributed by atoms with Crippen LogP contribution in [0.3, 0.4) is 0 Å². The van der Waals surface area contributed by atoms with Crippen LogP contribution in [-0.2, 0) is 23.8 Å². The molecule has 2 aliphatic heterocycles. The number of methoxy groups -OCH3 is 1. The zero-order valence-electron chi connectivity index (χ0n) is 21.2. The van der Waals surface area contributed by atoms with Crippen molar-refractivity contribution in [2.75, 3.05) is 19.5 Å². The summed E-state index contributed by atoms with van der Waals surface area (Å²) in [5.74, 6) is -1.10. The number of esters is 1. The van der Waals surface area contributed by atoms with Gasteiger partial charge in [0.25, 0.3) is 5.91 Å². The Bertz CT molecular complexity index is 1630. The number of hydrogen-bond donors (Lipinski definition) is 2. The molecule has 2 atom stereocenters. The fourth-order valence-corrected chi connectivity index (χ4v) is 5.52. The first-order chi connectivity index (χ1) is 19.4. The van der Waals surface area contributed by atoms with E-state index >= 15 is 0 Å². The number of nitrogens with zero attached hydrogens (tertiary/aromatic N) is 4. The molecule has 6 rings (SSSR count). The zero-order valence-corrected chi connectivity index (χ0v) is 22.0. The van der Waals surface area contributed by atoms with Crippen LogP contribution < -0.4 is 11.4 Å². The van der Waals surface area contributed by atoms with Gasteiger partial charge in [-0.1, -0.05) is 60.7 Å². The highest BCUT2D eigenvalue weighted by molar-refractivity contribution is 7.99. The van der Waals surface area contributed by atoms with Gasteiger partial charge in [0.05, 0.1) is 6.61 Å². The van der Waals surface area contributed by atoms with Crippen LogP contribution in [0.2, 0.25) is 0 Å². The van der Waals surface area contributed by atoms with Crippen molar-refractivity contribution in [2.45, 2.75) is 23.1 Å². The highest BCUT2D eigenvalue weighted by atomic mass is 32.2. The van der Waals surface area contributed by atoms with Crippen molar-refractivity contribution >= 4 is 29.3 Å². The molecule has 0 radical (unpaired) electrons. The van der Waals surface area contributed by atoms with Crippen molar-refractivity contribution in [3.63, 3.8) is 0 Å². The average molecular weight is 561 g/mol. The molecule has 0 aliphatic carbocycles. The Balaban J connectivity index is 1.34. The van der Waals surface area contributed by atoms with Crippen LogP contribution in [0.1, 0.15) is 17.2 Å². The number of benzene rings is 2. The molecule has 40 heavy (non-hydrogen) atoms. The number of thioether (sulfide) groups is 1. The summed E-state index contributed by atoms with van der Waals surface area (Å²) in [6, 6.07) is 22.0. The van der Waals surface area contributed by atoms with Gasteiger partial charge in [-0.15, -0.1) is 11.8 Å². The quantitative estimate of drug-likeness (QED) is 0.141. The van der Waals surface area contributed by atoms with E-state index in [0.29, 0.717) is 16.2 Å². The van der Waals surface area contributed by atoms with E-state index in [2.05, 4.69) is 15.3 Å². The predicted molar refractivity (Wildman–Crippen MR) is 143 cm³/mol. The van der Waals surface area contributed by atoms with Crippen LogP contribution in [-0.4, -0.2) is 68.0 Å². The average Bonchev–Trinajstić information content (AvgIpc) is 3.38. The molecule has 2 unspecified atom stereocenters. The highest BCUT2D eigenvalue weighted by Crippen LogP contribution is 2.41. The summed E-state index contributed by atoms with van der Waals surface area (Å²) in [5, 5.41) is 11.0. The van der Waals surface area contributed by atoms with Gasteiger partial charge < -0.3 is 14.2 Å². The summed E-state index contributed by atoms with van der Waals surface area (Å²) < 4.78 is 18.4. The van der Waals surface area contributed by atoms with Crippen LogP contribution in [0.15, 0.2) is 93.9 Å². The Morgan fingerprint density at radius 2 is 1.80 bits per heavy atom. The van der Waals surface area contributed by atoms with Crippen molar-refractivity contribution in [1.82, 2.24) is 24.7 Å². The maximum Gasteiger partial charge on any atom is 0.364 e. The number of fused-ring (bicyclic) bond motifs is 2. The number of carbonyl (C=O) groups is 2. The number of carbonyl (C=O) groups excluding carboxylic acids is 2. The number of β-lactam (4-membered cyclic amide) rings is 1. The van der Waals surface area contributed by atoms with E-state index in [1.54, 1.807) is 12.1 Å². The molecule has 0 bridgehead atoms. The molecule has 0 saturated carbocycles. The molecular weight excluding hydrogens is 536 g/mol. The minimum atomic E-state index is -1.71. The van der Waals surface area contributed by atoms with E-state index < -0.39 is 35.6 Å². The third-order valence-corrected chi connectivity index (χ3v) is 7.76. The van der Waals surface area contributed by atoms with Gasteiger partial charge in [0, 0.05) is 12.9 Å². The van der Waals surface area contributed by atoms with E-state index in [4.69, 9.17) is 19.9 Å². The van der Waals surface area contributed by atoms with E-state index in [-0.39, 0.29) is 18.1 Å². The lowest BCUT2D eigenvalue weighted by Gasteiger charge is -2.54. The van der Waals surface area contributed by atoms with Gasteiger partial charge in [0.1, 0.15) is 10.7 Å². The fourth-order valence-electron chi connectivity index (χ4n) is 4.67. The normalized spacial score (nSPS) is 20.5. The molecule has 204 valence electrons. The van der Waals surface area contributed by atoms with Crippen LogP contribution in [0.25, 0.3) is 5.65 Å². The summed E-state index contributed by atoms with van der Waals surface area (Å²) in [6.07, 6.45) is -1.72. The standard InChI is InChI=1S/C27H24N6O6S/c1-37-27(28)24(35)32-21(23(34)39-22(16-8-4-2-5-9-16)17-10-6-3-7-11-17)18(14-38-25(27)32)15-40-20-13-12-19-29-30-26(36)33(19)31-20/h2-13,22,25H,14-15,28H2,1H3,(H,30,36). The number of aromatic amines is 1. The number of rotatable bonds is 8. The van der Waals surface area contributed by atoms with Gasteiger partial charge in [-0.05, 0) is 28.8 Å². The van der Waals surface area contributed by atoms with Crippen molar-refractivity contribution < 1.29 is 23.8 Å². The monoisotopic (exact) mass is 560 g/mol. The molecule has 1 saturated heterocycles. The lowest BCUT2D eigenvalue weighted by atomic mass is 9.95. The number of nitrogens with two attached hydrogens (primary N) is 1. The van der Waals surface area contributed by atoms with Gasteiger partial charge in [-0.25, -0.2) is 14.7 Å². The van der Waals surface area contributed by atoms with Gasteiger partial charge in [-0.2, -0.15) is 14.7 Å². The minimum absolute atomic E-state index is 0.00341. The van der Waals surface area contributed by atoms with Gasteiger partial charge in [-0.3, -0.25) is 15.4 Å². The fraction of sp³-hybridized carbons (Fsp3) is 0.222. The van der Waals surface area contributed by atoms with Crippen molar-refractivity contribution in [1.29, 1.82) is 0 Å². The molecule has 2 aromatic heterocycles. The first-order valence-electron chi connectivity index (χ1n) is 12.3. The third-order valence-electron chi connectivity index (χ3n) is 6.75. The predicted octanol–water partition coefficient (Wildman–Crippen LogP) is 1.60. The summed E-state index contributed by atoms with van der Waals surface area (Å²) in [4.78, 5) is 40.2. The zero-order chi connectivity index (χ0) is 27.9. The lowest BCUT2D eigenvalue weighted by molar-refractivity contribution is -0.248. The Morgan fingerprint density at radius 1 is 1.12 bits per heavy atom. The maximum absolute atomic E-state index is 13.9. The van der Waals surface area contributed by atoms with Crippen LogP contribution >= 0.6 is 11.8 Å². The Labute approximate surface area is 231 Å². The van der Waals surface area contributed by atoms with Crippen molar-refractivity contribution in [2.24, 2.45) is 5.73 Å². The first kappa shape index (κ1) is 26.0. The molecule has 12 nitrogen and oxygen atoms in total. The van der Waals surface area contributed by atoms with Gasteiger partial charge in [0.15, 0.2) is 18.0 Å². The highest BCUT2D eigenvalue weighted by Gasteiger charge is 2.64. The molecule has 1 fully saturated rings. The van der Waals surface area contributed by atoms with Gasteiger partial charge >= 0.3 is 11.7 Å². The van der Waals surface area contributed by atoms with E-state index in [1.165, 1.54) is 23.8 Å². The lowest BCUT2D eigenvalue weighted by Crippen LogP contribution is -2.80. The second kappa shape index (κ2) is 10.4. The number of aromatic nitrogens is 4. The topological polar surface area (TPSA) is 154 Å². The maximum atomic E-state index is 13.9. The molecule has 4 heterocycles. The molecule has 2 aromatic carbocycles. The number of ether oxygens (including phenoxy) is 3. The first-order valence-corrected chi connectivity index (χ1v) is 13.3. The second-order valence-electron chi connectivity index (χ2n) is 9.15. The molecule has 13 heteroatoms. The SMILES string of the molecule is COC1(N)C(=O)N2C(C(=O)OC(c3ccccc3)c3ccccc3)=C(CSc3ccc4n[nH]c(=O)n4n3)COC21. The minimum Gasteiger partial charge on any atom is -0.448 e. The number of hydrogen-bond acceptors (Lipinski definition) is 10. The molecule has 0 spiro atoms.